The number of hydrogen-bond donors (Lipinski definition) is 1. The highest BCUT2D eigenvalue weighted by Gasteiger charge is 2.27. The fourth-order valence-electron chi connectivity index (χ4n) is 2.71. The van der Waals surface area contributed by atoms with Crippen LogP contribution < -0.4 is 5.32 Å². The second kappa shape index (κ2) is 6.22. The van der Waals surface area contributed by atoms with E-state index in [2.05, 4.69) is 30.4 Å². The zero-order chi connectivity index (χ0) is 13.0. The third-order valence-corrected chi connectivity index (χ3v) is 3.89. The number of halogens is 1. The van der Waals surface area contributed by atoms with Crippen molar-refractivity contribution in [1.82, 2.24) is 5.32 Å². The van der Waals surface area contributed by atoms with E-state index in [0.717, 1.165) is 24.3 Å². The molecule has 1 aliphatic carbocycles. The third kappa shape index (κ3) is 3.48. The van der Waals surface area contributed by atoms with Crippen molar-refractivity contribution in [3.05, 3.63) is 34.9 Å². The second-order valence-electron chi connectivity index (χ2n) is 5.17. The molecule has 1 aliphatic rings. The zero-order valence-electron chi connectivity index (χ0n) is 10.7. The maximum absolute atomic E-state index is 9.06. The Morgan fingerprint density at radius 3 is 2.78 bits per heavy atom. The summed E-state index contributed by atoms with van der Waals surface area (Å²) in [7, 11) is 0. The van der Waals surface area contributed by atoms with Gasteiger partial charge in [0, 0.05) is 17.1 Å². The van der Waals surface area contributed by atoms with Crippen LogP contribution in [0.2, 0.25) is 5.02 Å². The summed E-state index contributed by atoms with van der Waals surface area (Å²) in [5, 5.41) is 13.4. The van der Waals surface area contributed by atoms with Crippen LogP contribution in [-0.4, -0.2) is 12.1 Å². The molecule has 0 bridgehead atoms. The number of rotatable bonds is 4. The molecule has 1 aromatic carbocycles. The van der Waals surface area contributed by atoms with E-state index in [1.54, 1.807) is 0 Å². The molecule has 1 N–H and O–H groups in total. The molecule has 1 saturated carbocycles. The van der Waals surface area contributed by atoms with E-state index >= 15 is 0 Å². The Bertz CT molecular complexity index is 421. The van der Waals surface area contributed by atoms with E-state index in [1.807, 2.05) is 12.1 Å². The summed E-state index contributed by atoms with van der Waals surface area (Å²) in [6, 6.07) is 11.2. The summed E-state index contributed by atoms with van der Waals surface area (Å²) in [6.07, 6.45) is 4.32. The molecule has 0 amide bonds. The molecule has 3 unspecified atom stereocenters. The third-order valence-electron chi connectivity index (χ3n) is 3.64. The first-order chi connectivity index (χ1) is 8.69. The Morgan fingerprint density at radius 2 is 2.11 bits per heavy atom. The minimum atomic E-state index is 0.192. The minimum Gasteiger partial charge on any atom is -0.310 e. The molecule has 0 aliphatic heterocycles. The Balaban J connectivity index is 1.87. The van der Waals surface area contributed by atoms with Crippen LogP contribution in [-0.2, 0) is 6.42 Å². The van der Waals surface area contributed by atoms with Gasteiger partial charge in [0.15, 0.2) is 0 Å². The summed E-state index contributed by atoms with van der Waals surface area (Å²) in [5.74, 6) is 0.192. The van der Waals surface area contributed by atoms with Gasteiger partial charge >= 0.3 is 0 Å². The molecule has 0 spiro atoms. The fourth-order valence-corrected chi connectivity index (χ4v) is 2.84. The lowest BCUT2D eigenvalue weighted by molar-refractivity contribution is 0.408. The van der Waals surface area contributed by atoms with Gasteiger partial charge in [-0.2, -0.15) is 5.26 Å². The molecule has 0 aromatic heterocycles. The maximum atomic E-state index is 9.06. The van der Waals surface area contributed by atoms with Gasteiger partial charge in [0.2, 0.25) is 0 Å². The fraction of sp³-hybridized carbons (Fsp3) is 0.533. The lowest BCUT2D eigenvalue weighted by Crippen LogP contribution is -2.39. The van der Waals surface area contributed by atoms with Crippen LogP contribution in [0, 0.1) is 17.2 Å². The van der Waals surface area contributed by atoms with Crippen molar-refractivity contribution in [2.75, 3.05) is 0 Å². The van der Waals surface area contributed by atoms with Gasteiger partial charge in [-0.25, -0.2) is 0 Å². The number of nitrogens with one attached hydrogen (secondary N) is 1. The van der Waals surface area contributed by atoms with Gasteiger partial charge in [-0.1, -0.05) is 30.2 Å². The molecule has 18 heavy (non-hydrogen) atoms. The van der Waals surface area contributed by atoms with E-state index in [9.17, 15) is 0 Å². The van der Waals surface area contributed by atoms with Crippen LogP contribution >= 0.6 is 11.6 Å². The Kier molecular flexibility index (Phi) is 4.63. The first kappa shape index (κ1) is 13.4. The first-order valence-corrected chi connectivity index (χ1v) is 6.97. The molecular formula is C15H19ClN2. The molecule has 3 atom stereocenters. The SMILES string of the molecule is CC(Cc1ccc(Cl)cc1)NC1CCCC1C#N. The van der Waals surface area contributed by atoms with Crippen molar-refractivity contribution in [3.8, 4) is 6.07 Å². The minimum absolute atomic E-state index is 0.192. The van der Waals surface area contributed by atoms with E-state index in [4.69, 9.17) is 16.9 Å². The van der Waals surface area contributed by atoms with Gasteiger partial charge in [0.1, 0.15) is 0 Å². The van der Waals surface area contributed by atoms with Gasteiger partial charge in [0.05, 0.1) is 12.0 Å². The topological polar surface area (TPSA) is 35.8 Å². The molecule has 1 aromatic rings. The highest BCUT2D eigenvalue weighted by atomic mass is 35.5. The summed E-state index contributed by atoms with van der Waals surface area (Å²) in [6.45, 7) is 2.18. The van der Waals surface area contributed by atoms with Crippen molar-refractivity contribution in [2.24, 2.45) is 5.92 Å². The molecule has 0 heterocycles. The lowest BCUT2D eigenvalue weighted by Gasteiger charge is -2.21. The number of nitrogens with zero attached hydrogens (tertiary/aromatic N) is 1. The molecule has 0 saturated heterocycles. The lowest BCUT2D eigenvalue weighted by atomic mass is 10.0. The van der Waals surface area contributed by atoms with E-state index in [1.165, 1.54) is 12.0 Å². The van der Waals surface area contributed by atoms with Crippen molar-refractivity contribution in [3.63, 3.8) is 0 Å². The monoisotopic (exact) mass is 262 g/mol. The van der Waals surface area contributed by atoms with Crippen LogP contribution in [0.4, 0.5) is 0 Å². The van der Waals surface area contributed by atoms with Crippen LogP contribution in [0.15, 0.2) is 24.3 Å². The Labute approximate surface area is 114 Å². The first-order valence-electron chi connectivity index (χ1n) is 6.59. The molecule has 2 nitrogen and oxygen atoms in total. The highest BCUT2D eigenvalue weighted by Crippen LogP contribution is 2.25. The number of hydrogen-bond acceptors (Lipinski definition) is 2. The van der Waals surface area contributed by atoms with Crippen molar-refractivity contribution in [1.29, 1.82) is 5.26 Å². The predicted octanol–water partition coefficient (Wildman–Crippen LogP) is 3.55. The van der Waals surface area contributed by atoms with E-state index in [-0.39, 0.29) is 5.92 Å². The quantitative estimate of drug-likeness (QED) is 0.901. The van der Waals surface area contributed by atoms with Gasteiger partial charge in [-0.3, -0.25) is 0 Å². The van der Waals surface area contributed by atoms with E-state index < -0.39 is 0 Å². The Morgan fingerprint density at radius 1 is 1.39 bits per heavy atom. The van der Waals surface area contributed by atoms with Crippen LogP contribution in [0.3, 0.4) is 0 Å². The van der Waals surface area contributed by atoms with Gasteiger partial charge < -0.3 is 5.32 Å². The van der Waals surface area contributed by atoms with E-state index in [0.29, 0.717) is 12.1 Å². The van der Waals surface area contributed by atoms with Gasteiger partial charge in [0.25, 0.3) is 0 Å². The normalized spacial score (nSPS) is 24.7. The smallest absolute Gasteiger partial charge is 0.0672 e. The van der Waals surface area contributed by atoms with Crippen LogP contribution in [0.25, 0.3) is 0 Å². The average molecular weight is 263 g/mol. The standard InChI is InChI=1S/C15H19ClN2/c1-11(9-12-5-7-14(16)8-6-12)18-15-4-2-3-13(15)10-17/h5-8,11,13,15,18H,2-4,9H2,1H3. The van der Waals surface area contributed by atoms with Crippen LogP contribution in [0.5, 0.6) is 0 Å². The molecule has 0 radical (unpaired) electrons. The number of benzene rings is 1. The zero-order valence-corrected chi connectivity index (χ0v) is 11.5. The largest absolute Gasteiger partial charge is 0.310 e. The summed E-state index contributed by atoms with van der Waals surface area (Å²) >= 11 is 5.87. The molecule has 2 rings (SSSR count). The van der Waals surface area contributed by atoms with Gasteiger partial charge in [-0.05, 0) is 43.9 Å². The summed E-state index contributed by atoms with van der Waals surface area (Å²) in [5.41, 5.74) is 1.28. The van der Waals surface area contributed by atoms with Gasteiger partial charge in [-0.15, -0.1) is 0 Å². The van der Waals surface area contributed by atoms with Crippen molar-refractivity contribution < 1.29 is 0 Å². The predicted molar refractivity (Wildman–Crippen MR) is 74.5 cm³/mol. The van der Waals surface area contributed by atoms with Crippen molar-refractivity contribution >= 4 is 11.6 Å². The maximum Gasteiger partial charge on any atom is 0.0672 e. The van der Waals surface area contributed by atoms with Crippen molar-refractivity contribution in [2.45, 2.75) is 44.7 Å². The van der Waals surface area contributed by atoms with Crippen LogP contribution in [0.1, 0.15) is 31.7 Å². The average Bonchev–Trinajstić information content (AvgIpc) is 2.79. The molecule has 3 heteroatoms. The molecular weight excluding hydrogens is 244 g/mol. The Hall–Kier alpha value is -1.04. The second-order valence-corrected chi connectivity index (χ2v) is 5.61. The highest BCUT2D eigenvalue weighted by molar-refractivity contribution is 6.30. The number of nitriles is 1. The molecule has 1 fully saturated rings. The molecule has 96 valence electrons. The summed E-state index contributed by atoms with van der Waals surface area (Å²) < 4.78 is 0. The summed E-state index contributed by atoms with van der Waals surface area (Å²) in [4.78, 5) is 0.